The Morgan fingerprint density at radius 2 is 1.00 bits per heavy atom. The SMILES string of the molecule is CCCCCCc1ccccc1[Te]c1ccccc1CCCCCC. The second-order valence-corrected chi connectivity index (χ2v) is 10.0. The molecule has 0 saturated heterocycles. The van der Waals surface area contributed by atoms with Gasteiger partial charge in [-0.3, -0.25) is 0 Å². The molecule has 0 aliphatic rings. The molecule has 0 aliphatic heterocycles. The number of hydrogen-bond donors (Lipinski definition) is 0. The van der Waals surface area contributed by atoms with Gasteiger partial charge in [-0.2, -0.15) is 0 Å². The molecular weight excluding hydrogens is 416 g/mol. The van der Waals surface area contributed by atoms with E-state index < -0.39 is 0 Å². The monoisotopic (exact) mass is 452 g/mol. The van der Waals surface area contributed by atoms with E-state index in [0.717, 1.165) is 0 Å². The standard InChI is InChI=1S/C24H34Te/c1-3-5-7-9-15-21-17-11-13-19-23(21)25-24-20-14-12-18-22(24)16-10-8-6-4-2/h11-14,17-20H,3-10,15-16H2,1-2H3. The fourth-order valence-electron chi connectivity index (χ4n) is 3.22. The molecule has 2 rings (SSSR count). The third-order valence-corrected chi connectivity index (χ3v) is 8.29. The summed E-state index contributed by atoms with van der Waals surface area (Å²) in [6, 6.07) is 18.5. The molecular formula is C24H34Te. The minimum absolute atomic E-state index is 0.277. The number of unbranched alkanes of at least 4 members (excludes halogenated alkanes) is 6. The van der Waals surface area contributed by atoms with E-state index in [2.05, 4.69) is 62.4 Å². The Kier molecular flexibility index (Phi) is 10.3. The first kappa shape index (κ1) is 20.5. The predicted molar refractivity (Wildman–Crippen MR) is 114 cm³/mol. The van der Waals surface area contributed by atoms with Gasteiger partial charge in [-0.1, -0.05) is 0 Å². The average Bonchev–Trinajstić information content (AvgIpc) is 2.65. The first-order chi connectivity index (χ1) is 12.3. The van der Waals surface area contributed by atoms with E-state index >= 15 is 0 Å². The predicted octanol–water partition coefficient (Wildman–Crippen LogP) is 5.59. The van der Waals surface area contributed by atoms with Crippen molar-refractivity contribution in [1.82, 2.24) is 0 Å². The number of hydrogen-bond acceptors (Lipinski definition) is 0. The van der Waals surface area contributed by atoms with Gasteiger partial charge in [0.05, 0.1) is 0 Å². The van der Waals surface area contributed by atoms with Crippen molar-refractivity contribution in [3.8, 4) is 0 Å². The fraction of sp³-hybridized carbons (Fsp3) is 0.500. The summed E-state index contributed by atoms with van der Waals surface area (Å²) >= 11 is -0.277. The number of benzene rings is 2. The molecule has 2 aromatic rings. The second-order valence-electron chi connectivity index (χ2n) is 6.94. The van der Waals surface area contributed by atoms with Gasteiger partial charge in [0, 0.05) is 0 Å². The molecule has 0 radical (unpaired) electrons. The number of aryl methyl sites for hydroxylation is 2. The molecule has 0 fully saturated rings. The van der Waals surface area contributed by atoms with Crippen molar-refractivity contribution in [3.05, 3.63) is 59.7 Å². The summed E-state index contributed by atoms with van der Waals surface area (Å²) in [4.78, 5) is 0. The first-order valence-corrected chi connectivity index (χ1v) is 12.5. The normalized spacial score (nSPS) is 11.0. The van der Waals surface area contributed by atoms with Gasteiger partial charge in [0.25, 0.3) is 0 Å². The Morgan fingerprint density at radius 1 is 0.560 bits per heavy atom. The molecule has 25 heavy (non-hydrogen) atoms. The van der Waals surface area contributed by atoms with Gasteiger partial charge in [-0.15, -0.1) is 0 Å². The molecule has 0 saturated carbocycles. The summed E-state index contributed by atoms with van der Waals surface area (Å²) in [5, 5.41) is 0. The topological polar surface area (TPSA) is 0 Å². The Balaban J connectivity index is 2.01. The molecule has 0 unspecified atom stereocenters. The van der Waals surface area contributed by atoms with E-state index in [0.29, 0.717) is 0 Å². The first-order valence-electron chi connectivity index (χ1n) is 10.2. The molecule has 0 nitrogen and oxygen atoms in total. The van der Waals surface area contributed by atoms with Crippen molar-refractivity contribution in [1.29, 1.82) is 0 Å². The third kappa shape index (κ3) is 7.55. The zero-order chi connectivity index (χ0) is 17.7. The van der Waals surface area contributed by atoms with Gasteiger partial charge < -0.3 is 0 Å². The van der Waals surface area contributed by atoms with Crippen molar-refractivity contribution < 1.29 is 0 Å². The van der Waals surface area contributed by atoms with Crippen LogP contribution in [0.2, 0.25) is 0 Å². The maximum atomic E-state index is 2.39. The van der Waals surface area contributed by atoms with E-state index in [4.69, 9.17) is 0 Å². The van der Waals surface area contributed by atoms with Crippen LogP contribution in [0.3, 0.4) is 0 Å². The van der Waals surface area contributed by atoms with Crippen LogP contribution in [0.15, 0.2) is 48.5 Å². The Morgan fingerprint density at radius 3 is 1.44 bits per heavy atom. The Labute approximate surface area is 165 Å². The van der Waals surface area contributed by atoms with E-state index in [9.17, 15) is 0 Å². The Hall–Kier alpha value is -0.770. The molecule has 0 bridgehead atoms. The van der Waals surface area contributed by atoms with Crippen LogP contribution in [0.5, 0.6) is 0 Å². The molecule has 2 aromatic carbocycles. The third-order valence-electron chi connectivity index (χ3n) is 4.76. The van der Waals surface area contributed by atoms with Crippen molar-refractivity contribution in [2.45, 2.75) is 78.1 Å². The zero-order valence-electron chi connectivity index (χ0n) is 16.1. The van der Waals surface area contributed by atoms with Crippen molar-refractivity contribution >= 4 is 28.1 Å². The molecule has 0 atom stereocenters. The van der Waals surface area contributed by atoms with Crippen LogP contribution in [0, 0.1) is 0 Å². The molecule has 1 heteroatoms. The molecule has 136 valence electrons. The summed E-state index contributed by atoms with van der Waals surface area (Å²) < 4.78 is 3.32. The van der Waals surface area contributed by atoms with Crippen LogP contribution in [-0.2, 0) is 12.8 Å². The Bertz CT molecular complexity index is 549. The molecule has 0 spiro atoms. The van der Waals surface area contributed by atoms with Crippen LogP contribution >= 0.6 is 0 Å². The van der Waals surface area contributed by atoms with Crippen molar-refractivity contribution in [2.24, 2.45) is 0 Å². The van der Waals surface area contributed by atoms with Gasteiger partial charge in [-0.05, 0) is 0 Å². The van der Waals surface area contributed by atoms with E-state index in [-0.39, 0.29) is 20.9 Å². The van der Waals surface area contributed by atoms with Crippen LogP contribution in [0.4, 0.5) is 0 Å². The molecule has 0 aromatic heterocycles. The summed E-state index contributed by atoms with van der Waals surface area (Å²) in [6.07, 6.45) is 13.4. The second kappa shape index (κ2) is 12.6. The summed E-state index contributed by atoms with van der Waals surface area (Å²) in [5.41, 5.74) is 3.23. The summed E-state index contributed by atoms with van der Waals surface area (Å²) in [7, 11) is 0. The number of rotatable bonds is 12. The van der Waals surface area contributed by atoms with Crippen molar-refractivity contribution in [2.75, 3.05) is 0 Å². The fourth-order valence-corrected chi connectivity index (χ4v) is 6.46. The van der Waals surface area contributed by atoms with Crippen LogP contribution in [0.1, 0.15) is 76.3 Å². The van der Waals surface area contributed by atoms with Gasteiger partial charge in [0.15, 0.2) is 0 Å². The van der Waals surface area contributed by atoms with Gasteiger partial charge in [0.1, 0.15) is 0 Å². The quantitative estimate of drug-likeness (QED) is 0.293. The van der Waals surface area contributed by atoms with Crippen molar-refractivity contribution in [3.63, 3.8) is 0 Å². The summed E-state index contributed by atoms with van der Waals surface area (Å²) in [6.45, 7) is 4.58. The van der Waals surface area contributed by atoms with Gasteiger partial charge in [0.2, 0.25) is 0 Å². The van der Waals surface area contributed by atoms with E-state index in [1.165, 1.54) is 64.2 Å². The van der Waals surface area contributed by atoms with E-state index in [1.54, 1.807) is 18.3 Å². The van der Waals surface area contributed by atoms with Gasteiger partial charge >= 0.3 is 166 Å². The molecule has 0 N–H and O–H groups in total. The van der Waals surface area contributed by atoms with Crippen LogP contribution < -0.4 is 7.22 Å². The minimum atomic E-state index is -0.277. The molecule has 0 amide bonds. The van der Waals surface area contributed by atoms with Crippen LogP contribution in [0.25, 0.3) is 0 Å². The van der Waals surface area contributed by atoms with Crippen LogP contribution in [-0.4, -0.2) is 20.9 Å². The summed E-state index contributed by atoms with van der Waals surface area (Å²) in [5.74, 6) is 0. The molecule has 0 aliphatic carbocycles. The zero-order valence-corrected chi connectivity index (χ0v) is 18.4. The molecule has 0 heterocycles. The maximum absolute atomic E-state index is 2.39. The van der Waals surface area contributed by atoms with E-state index in [1.807, 2.05) is 0 Å². The average molecular weight is 450 g/mol. The van der Waals surface area contributed by atoms with Gasteiger partial charge in [-0.25, -0.2) is 0 Å².